The lowest BCUT2D eigenvalue weighted by molar-refractivity contribution is 0.0944. The Balaban J connectivity index is 1.50. The number of carbonyl (C=O) groups excluding carboxylic acids is 1. The van der Waals surface area contributed by atoms with Crippen molar-refractivity contribution < 1.29 is 14.7 Å². The van der Waals surface area contributed by atoms with Crippen LogP contribution in [0, 0.1) is 5.41 Å². The van der Waals surface area contributed by atoms with E-state index >= 15 is 0 Å². The van der Waals surface area contributed by atoms with Crippen LogP contribution in [0.3, 0.4) is 0 Å². The standard InChI is InChI=1S/C24H29N7O3S/c1-24(2,3)16(11-31(23(33)34)12-20-27-17-7-5-6-8-18(17)28-20)22-29-19(13-35-22)21(32)26-10-15-9-25-14-30(15)4/h5-9,13-14,16H,10-12H2,1-4H3,(H,26,32)(H,27,28)(H,33,34). The lowest BCUT2D eigenvalue weighted by Gasteiger charge is -2.32. The second kappa shape index (κ2) is 9.87. The number of aryl methyl sites for hydroxylation is 1. The highest BCUT2D eigenvalue weighted by atomic mass is 32.1. The number of hydrogen-bond donors (Lipinski definition) is 3. The number of nitrogens with one attached hydrogen (secondary N) is 2. The zero-order valence-corrected chi connectivity index (χ0v) is 21.0. The zero-order valence-electron chi connectivity index (χ0n) is 20.1. The Morgan fingerprint density at radius 1 is 1.26 bits per heavy atom. The molecule has 3 heterocycles. The summed E-state index contributed by atoms with van der Waals surface area (Å²) >= 11 is 1.37. The first-order valence-corrected chi connectivity index (χ1v) is 12.1. The first-order chi connectivity index (χ1) is 16.6. The summed E-state index contributed by atoms with van der Waals surface area (Å²) in [6.07, 6.45) is 2.34. The molecule has 0 radical (unpaired) electrons. The van der Waals surface area contributed by atoms with Crippen LogP contribution in [-0.4, -0.2) is 53.1 Å². The van der Waals surface area contributed by atoms with Gasteiger partial charge in [0.2, 0.25) is 0 Å². The molecule has 4 rings (SSSR count). The first kappa shape index (κ1) is 24.4. The molecule has 0 saturated carbocycles. The molecule has 184 valence electrons. The maximum atomic E-state index is 12.7. The monoisotopic (exact) mass is 495 g/mol. The molecule has 11 heteroatoms. The Hall–Kier alpha value is -3.73. The number of imidazole rings is 2. The number of aromatic nitrogens is 5. The Morgan fingerprint density at radius 3 is 2.69 bits per heavy atom. The Bertz CT molecular complexity index is 1300. The van der Waals surface area contributed by atoms with E-state index in [-0.39, 0.29) is 30.3 Å². The molecule has 0 spiro atoms. The number of carboxylic acid groups (broad SMARTS) is 1. The number of carbonyl (C=O) groups is 2. The fourth-order valence-corrected chi connectivity index (χ4v) is 4.92. The molecule has 35 heavy (non-hydrogen) atoms. The van der Waals surface area contributed by atoms with Crippen LogP contribution >= 0.6 is 11.3 Å². The summed E-state index contributed by atoms with van der Waals surface area (Å²) in [5.41, 5.74) is 2.57. The SMILES string of the molecule is Cn1cncc1CNC(=O)c1csc(C(CN(Cc2nc3ccccc3[nH]2)C(=O)O)C(C)(C)C)n1. The van der Waals surface area contributed by atoms with Gasteiger partial charge in [-0.2, -0.15) is 0 Å². The third kappa shape index (κ3) is 5.68. The summed E-state index contributed by atoms with van der Waals surface area (Å²) in [5.74, 6) is 0.0842. The molecule has 1 atom stereocenters. The minimum atomic E-state index is -1.04. The predicted molar refractivity (Wildman–Crippen MR) is 133 cm³/mol. The predicted octanol–water partition coefficient (Wildman–Crippen LogP) is 3.99. The van der Waals surface area contributed by atoms with Gasteiger partial charge in [-0.15, -0.1) is 11.3 Å². The number of rotatable bonds is 8. The van der Waals surface area contributed by atoms with Crippen molar-refractivity contribution in [1.29, 1.82) is 0 Å². The number of para-hydroxylation sites is 2. The highest BCUT2D eigenvalue weighted by Gasteiger charge is 2.33. The molecule has 4 aromatic rings. The number of H-pyrrole nitrogens is 1. The largest absolute Gasteiger partial charge is 0.465 e. The first-order valence-electron chi connectivity index (χ1n) is 11.2. The third-order valence-corrected chi connectivity index (χ3v) is 6.86. The zero-order chi connectivity index (χ0) is 25.2. The molecular weight excluding hydrogens is 466 g/mol. The maximum Gasteiger partial charge on any atom is 0.407 e. The van der Waals surface area contributed by atoms with Crippen molar-refractivity contribution in [2.24, 2.45) is 12.5 Å². The maximum absolute atomic E-state index is 12.7. The van der Waals surface area contributed by atoms with Gasteiger partial charge in [0.25, 0.3) is 5.91 Å². The minimum Gasteiger partial charge on any atom is -0.465 e. The highest BCUT2D eigenvalue weighted by Crippen LogP contribution is 2.37. The van der Waals surface area contributed by atoms with Crippen molar-refractivity contribution >= 4 is 34.4 Å². The topological polar surface area (TPSA) is 129 Å². The molecule has 0 saturated heterocycles. The molecule has 3 aromatic heterocycles. The van der Waals surface area contributed by atoms with E-state index in [0.29, 0.717) is 18.1 Å². The molecule has 1 unspecified atom stereocenters. The van der Waals surface area contributed by atoms with E-state index in [1.807, 2.05) is 56.7 Å². The summed E-state index contributed by atoms with van der Waals surface area (Å²) in [5, 5.41) is 15.2. The van der Waals surface area contributed by atoms with Crippen LogP contribution in [0.25, 0.3) is 11.0 Å². The molecule has 0 fully saturated rings. The summed E-state index contributed by atoms with van der Waals surface area (Å²) in [4.78, 5) is 42.5. The van der Waals surface area contributed by atoms with E-state index in [1.165, 1.54) is 16.2 Å². The highest BCUT2D eigenvalue weighted by molar-refractivity contribution is 7.10. The van der Waals surface area contributed by atoms with Gasteiger partial charge < -0.3 is 24.9 Å². The summed E-state index contributed by atoms with van der Waals surface area (Å²) in [7, 11) is 1.86. The molecule has 0 aliphatic carbocycles. The van der Waals surface area contributed by atoms with Crippen molar-refractivity contribution in [2.45, 2.75) is 39.8 Å². The van der Waals surface area contributed by atoms with E-state index < -0.39 is 6.09 Å². The summed E-state index contributed by atoms with van der Waals surface area (Å²) in [6.45, 7) is 6.82. The molecule has 10 nitrogen and oxygen atoms in total. The lowest BCUT2D eigenvalue weighted by atomic mass is 9.80. The van der Waals surface area contributed by atoms with Gasteiger partial charge in [0, 0.05) is 31.1 Å². The van der Waals surface area contributed by atoms with Crippen molar-refractivity contribution in [2.75, 3.05) is 6.54 Å². The van der Waals surface area contributed by atoms with Gasteiger partial charge in [0.1, 0.15) is 11.5 Å². The molecule has 3 N–H and O–H groups in total. The smallest absolute Gasteiger partial charge is 0.407 e. The number of hydrogen-bond acceptors (Lipinski definition) is 6. The molecule has 0 aliphatic heterocycles. The van der Waals surface area contributed by atoms with Crippen LogP contribution < -0.4 is 5.32 Å². The van der Waals surface area contributed by atoms with Gasteiger partial charge >= 0.3 is 6.09 Å². The van der Waals surface area contributed by atoms with Crippen molar-refractivity contribution in [3.05, 3.63) is 64.4 Å². The number of aromatic amines is 1. The number of benzene rings is 1. The third-order valence-electron chi connectivity index (χ3n) is 5.90. The minimum absolute atomic E-state index is 0.125. The second-order valence-corrected chi connectivity index (χ2v) is 10.4. The van der Waals surface area contributed by atoms with Crippen LogP contribution in [-0.2, 0) is 20.1 Å². The molecule has 1 aromatic carbocycles. The van der Waals surface area contributed by atoms with Gasteiger partial charge in [-0.1, -0.05) is 32.9 Å². The van der Waals surface area contributed by atoms with Gasteiger partial charge in [-0.25, -0.2) is 19.7 Å². The summed E-state index contributed by atoms with van der Waals surface area (Å²) in [6, 6.07) is 7.59. The quantitative estimate of drug-likeness (QED) is 0.339. The Kier molecular flexibility index (Phi) is 6.88. The van der Waals surface area contributed by atoms with Gasteiger partial charge in [-0.3, -0.25) is 4.79 Å². The van der Waals surface area contributed by atoms with Crippen LogP contribution in [0.15, 0.2) is 42.2 Å². The van der Waals surface area contributed by atoms with Crippen LogP contribution in [0.1, 0.15) is 53.7 Å². The van der Waals surface area contributed by atoms with E-state index in [9.17, 15) is 14.7 Å². The normalized spacial score (nSPS) is 12.6. The molecule has 0 aliphatic rings. The molecule has 2 amide bonds. The van der Waals surface area contributed by atoms with Crippen molar-refractivity contribution in [1.82, 2.24) is 34.7 Å². The average molecular weight is 496 g/mol. The number of nitrogens with zero attached hydrogens (tertiary/aromatic N) is 5. The second-order valence-electron chi connectivity index (χ2n) is 9.53. The van der Waals surface area contributed by atoms with Gasteiger partial charge in [-0.05, 0) is 17.5 Å². The number of fused-ring (bicyclic) bond motifs is 1. The fourth-order valence-electron chi connectivity index (χ4n) is 3.78. The van der Waals surface area contributed by atoms with Crippen LogP contribution in [0.5, 0.6) is 0 Å². The van der Waals surface area contributed by atoms with Crippen LogP contribution in [0.4, 0.5) is 4.79 Å². The van der Waals surface area contributed by atoms with E-state index in [4.69, 9.17) is 0 Å². The van der Waals surface area contributed by atoms with E-state index in [1.54, 1.807) is 17.9 Å². The Morgan fingerprint density at radius 2 is 2.03 bits per heavy atom. The van der Waals surface area contributed by atoms with Crippen molar-refractivity contribution in [3.8, 4) is 0 Å². The fraction of sp³-hybridized carbons (Fsp3) is 0.375. The van der Waals surface area contributed by atoms with Gasteiger partial charge in [0.15, 0.2) is 0 Å². The van der Waals surface area contributed by atoms with Crippen LogP contribution in [0.2, 0.25) is 0 Å². The average Bonchev–Trinajstić information content (AvgIpc) is 3.53. The number of amides is 2. The van der Waals surface area contributed by atoms with E-state index in [2.05, 4.69) is 25.3 Å². The van der Waals surface area contributed by atoms with Gasteiger partial charge in [0.05, 0.1) is 41.2 Å². The van der Waals surface area contributed by atoms with E-state index in [0.717, 1.165) is 21.7 Å². The Labute approximate surface area is 207 Å². The molecule has 0 bridgehead atoms. The summed E-state index contributed by atoms with van der Waals surface area (Å²) < 4.78 is 1.84. The number of thiazole rings is 1. The molecular formula is C24H29N7O3S. The lowest BCUT2D eigenvalue weighted by Crippen LogP contribution is -2.37. The van der Waals surface area contributed by atoms with Crippen molar-refractivity contribution in [3.63, 3.8) is 0 Å².